The Balaban J connectivity index is 2.25. The van der Waals surface area contributed by atoms with Crippen LogP contribution in [0.5, 0.6) is 5.75 Å². The van der Waals surface area contributed by atoms with Crippen LogP contribution in [-0.2, 0) is 9.53 Å². The summed E-state index contributed by atoms with van der Waals surface area (Å²) in [5.41, 5.74) is 1.18. The highest BCUT2D eigenvalue weighted by molar-refractivity contribution is 5.84. The molecule has 0 spiro atoms. The summed E-state index contributed by atoms with van der Waals surface area (Å²) in [7, 11) is 1.67. The summed E-state index contributed by atoms with van der Waals surface area (Å²) < 4.78 is 10.3. The van der Waals surface area contributed by atoms with Crippen molar-refractivity contribution in [2.45, 2.75) is 32.6 Å². The van der Waals surface area contributed by atoms with Gasteiger partial charge in [0.25, 0.3) is 0 Å². The number of rotatable bonds is 6. The molecule has 0 aliphatic heterocycles. The summed E-state index contributed by atoms with van der Waals surface area (Å²) in [6.45, 7) is 4.37. The molecule has 2 aromatic rings. The molecule has 0 bridgehead atoms. The lowest BCUT2D eigenvalue weighted by Gasteiger charge is -2.15. The molecule has 0 N–H and O–H groups in total. The molecular formula is C18H22O3. The van der Waals surface area contributed by atoms with Gasteiger partial charge in [-0.05, 0) is 47.7 Å². The van der Waals surface area contributed by atoms with Gasteiger partial charge in [-0.25, -0.2) is 0 Å². The van der Waals surface area contributed by atoms with Gasteiger partial charge in [0.05, 0.1) is 20.1 Å². The Kier molecular flexibility index (Phi) is 5.20. The van der Waals surface area contributed by atoms with Crippen LogP contribution in [0.1, 0.15) is 38.2 Å². The molecule has 112 valence electrons. The fraction of sp³-hybridized carbons (Fsp3) is 0.389. The van der Waals surface area contributed by atoms with Crippen molar-refractivity contribution in [1.29, 1.82) is 0 Å². The van der Waals surface area contributed by atoms with Crippen LogP contribution in [0.3, 0.4) is 0 Å². The number of fused-ring (bicyclic) bond motifs is 1. The first-order valence-corrected chi connectivity index (χ1v) is 7.41. The van der Waals surface area contributed by atoms with E-state index >= 15 is 0 Å². The minimum atomic E-state index is -0.126. The maximum absolute atomic E-state index is 11.7. The predicted molar refractivity (Wildman–Crippen MR) is 84.8 cm³/mol. The molecule has 0 unspecified atom stereocenters. The van der Waals surface area contributed by atoms with Crippen LogP contribution in [0.2, 0.25) is 0 Å². The molecule has 0 heterocycles. The second kappa shape index (κ2) is 7.11. The molecule has 3 heteroatoms. The van der Waals surface area contributed by atoms with E-state index in [1.165, 1.54) is 5.56 Å². The highest BCUT2D eigenvalue weighted by Crippen LogP contribution is 2.28. The van der Waals surface area contributed by atoms with Gasteiger partial charge in [-0.15, -0.1) is 0 Å². The minimum absolute atomic E-state index is 0.126. The first-order chi connectivity index (χ1) is 10.2. The van der Waals surface area contributed by atoms with Gasteiger partial charge in [-0.3, -0.25) is 4.79 Å². The van der Waals surface area contributed by atoms with Gasteiger partial charge in [0.1, 0.15) is 5.75 Å². The smallest absolute Gasteiger partial charge is 0.306 e. The summed E-state index contributed by atoms with van der Waals surface area (Å²) in [4.78, 5) is 11.7. The van der Waals surface area contributed by atoms with Gasteiger partial charge in [0, 0.05) is 0 Å². The van der Waals surface area contributed by atoms with Crippen LogP contribution in [0, 0.1) is 0 Å². The molecule has 2 rings (SSSR count). The van der Waals surface area contributed by atoms with Crippen molar-refractivity contribution in [3.63, 3.8) is 0 Å². The molecule has 1 atom stereocenters. The Morgan fingerprint density at radius 3 is 2.48 bits per heavy atom. The zero-order chi connectivity index (χ0) is 15.2. The number of methoxy groups -OCH3 is 1. The molecule has 0 aliphatic rings. The van der Waals surface area contributed by atoms with Crippen LogP contribution in [0.4, 0.5) is 0 Å². The molecule has 0 saturated heterocycles. The molecule has 0 amide bonds. The van der Waals surface area contributed by atoms with Crippen molar-refractivity contribution >= 4 is 16.7 Å². The fourth-order valence-electron chi connectivity index (χ4n) is 2.54. The molecule has 0 saturated carbocycles. The van der Waals surface area contributed by atoms with Crippen molar-refractivity contribution in [2.75, 3.05) is 13.7 Å². The summed E-state index contributed by atoms with van der Waals surface area (Å²) in [6.07, 6.45) is 1.35. The van der Waals surface area contributed by atoms with Crippen LogP contribution in [0.15, 0.2) is 36.4 Å². The SMILES string of the molecule is CCOC(=O)C[C@H](CC)c1ccc2cc(OC)ccc2c1. The van der Waals surface area contributed by atoms with E-state index in [0.29, 0.717) is 13.0 Å². The first kappa shape index (κ1) is 15.4. The fourth-order valence-corrected chi connectivity index (χ4v) is 2.54. The Hall–Kier alpha value is -2.03. The van der Waals surface area contributed by atoms with Crippen LogP contribution in [-0.4, -0.2) is 19.7 Å². The van der Waals surface area contributed by atoms with Crippen molar-refractivity contribution in [2.24, 2.45) is 0 Å². The molecular weight excluding hydrogens is 264 g/mol. The molecule has 2 aromatic carbocycles. The topological polar surface area (TPSA) is 35.5 Å². The van der Waals surface area contributed by atoms with E-state index in [4.69, 9.17) is 9.47 Å². The molecule has 0 aliphatic carbocycles. The third-order valence-electron chi connectivity index (χ3n) is 3.75. The normalized spacial score (nSPS) is 12.1. The third-order valence-corrected chi connectivity index (χ3v) is 3.75. The van der Waals surface area contributed by atoms with Gasteiger partial charge < -0.3 is 9.47 Å². The molecule has 3 nitrogen and oxygen atoms in total. The highest BCUT2D eigenvalue weighted by atomic mass is 16.5. The molecule has 0 radical (unpaired) electrons. The predicted octanol–water partition coefficient (Wildman–Crippen LogP) is 4.30. The van der Waals surface area contributed by atoms with E-state index in [2.05, 4.69) is 31.2 Å². The quantitative estimate of drug-likeness (QED) is 0.743. The van der Waals surface area contributed by atoms with E-state index in [9.17, 15) is 4.79 Å². The Labute approximate surface area is 125 Å². The standard InChI is InChI=1S/C18H22O3/c1-4-13(12-18(19)21-5-2)14-6-7-16-11-17(20-3)9-8-15(16)10-14/h6-11,13H,4-5,12H2,1-3H3/t13-/m0/s1. The lowest BCUT2D eigenvalue weighted by molar-refractivity contribution is -0.143. The number of carbonyl (C=O) groups excluding carboxylic acids is 1. The lowest BCUT2D eigenvalue weighted by Crippen LogP contribution is -2.10. The number of esters is 1. The van der Waals surface area contributed by atoms with Crippen LogP contribution < -0.4 is 4.74 Å². The first-order valence-electron chi connectivity index (χ1n) is 7.41. The van der Waals surface area contributed by atoms with Crippen molar-refractivity contribution in [3.05, 3.63) is 42.0 Å². The zero-order valence-electron chi connectivity index (χ0n) is 12.9. The average Bonchev–Trinajstić information content (AvgIpc) is 2.51. The highest BCUT2D eigenvalue weighted by Gasteiger charge is 2.15. The van der Waals surface area contributed by atoms with E-state index in [1.54, 1.807) is 7.11 Å². The van der Waals surface area contributed by atoms with E-state index in [1.807, 2.05) is 19.1 Å². The maximum Gasteiger partial charge on any atom is 0.306 e. The number of ether oxygens (including phenoxy) is 2. The van der Waals surface area contributed by atoms with Gasteiger partial charge in [0.15, 0.2) is 0 Å². The number of carbonyl (C=O) groups is 1. The average molecular weight is 286 g/mol. The maximum atomic E-state index is 11.7. The number of hydrogen-bond acceptors (Lipinski definition) is 3. The van der Waals surface area contributed by atoms with Crippen LogP contribution >= 0.6 is 0 Å². The second-order valence-electron chi connectivity index (χ2n) is 5.09. The molecule has 21 heavy (non-hydrogen) atoms. The van der Waals surface area contributed by atoms with Gasteiger partial charge in [-0.1, -0.05) is 31.2 Å². The lowest BCUT2D eigenvalue weighted by atomic mass is 9.91. The van der Waals surface area contributed by atoms with E-state index in [0.717, 1.165) is 22.9 Å². The zero-order valence-corrected chi connectivity index (χ0v) is 12.9. The van der Waals surface area contributed by atoms with Gasteiger partial charge in [-0.2, -0.15) is 0 Å². The van der Waals surface area contributed by atoms with Gasteiger partial charge in [0.2, 0.25) is 0 Å². The Morgan fingerprint density at radius 2 is 1.81 bits per heavy atom. The van der Waals surface area contributed by atoms with Gasteiger partial charge >= 0.3 is 5.97 Å². The summed E-state index contributed by atoms with van der Waals surface area (Å²) in [5.74, 6) is 0.934. The second-order valence-corrected chi connectivity index (χ2v) is 5.09. The number of hydrogen-bond donors (Lipinski definition) is 0. The summed E-state index contributed by atoms with van der Waals surface area (Å²) in [5, 5.41) is 2.31. The van der Waals surface area contributed by atoms with E-state index in [-0.39, 0.29) is 11.9 Å². The number of benzene rings is 2. The van der Waals surface area contributed by atoms with Crippen molar-refractivity contribution in [3.8, 4) is 5.75 Å². The van der Waals surface area contributed by atoms with Crippen molar-refractivity contribution < 1.29 is 14.3 Å². The summed E-state index contributed by atoms with van der Waals surface area (Å²) in [6, 6.07) is 12.4. The molecule has 0 fully saturated rings. The Morgan fingerprint density at radius 1 is 1.10 bits per heavy atom. The third kappa shape index (κ3) is 3.75. The molecule has 0 aromatic heterocycles. The minimum Gasteiger partial charge on any atom is -0.497 e. The van der Waals surface area contributed by atoms with Crippen molar-refractivity contribution in [1.82, 2.24) is 0 Å². The van der Waals surface area contributed by atoms with E-state index < -0.39 is 0 Å². The summed E-state index contributed by atoms with van der Waals surface area (Å²) >= 11 is 0. The van der Waals surface area contributed by atoms with Crippen LogP contribution in [0.25, 0.3) is 10.8 Å². The monoisotopic (exact) mass is 286 g/mol. The Bertz CT molecular complexity index is 619. The largest absolute Gasteiger partial charge is 0.497 e.